The van der Waals surface area contributed by atoms with Crippen LogP contribution in [0.3, 0.4) is 0 Å². The molecule has 1 atom stereocenters. The van der Waals surface area contributed by atoms with Gasteiger partial charge in [-0.1, -0.05) is 18.2 Å². The largest absolute Gasteiger partial charge is 0.595 e. The normalized spacial score (nSPS) is 12.0. The molecule has 0 radical (unpaired) electrons. The van der Waals surface area contributed by atoms with Gasteiger partial charge in [0.1, 0.15) is 0 Å². The number of carbonyl (C=O) groups excluding carboxylic acids is 1. The standard InChI is InChI=1S/C13H11BrN2O3S/c14-12-8(4-3-6-10(12)16(18)19)13(17)15-9-5-1-2-7-11(9)20/h1-7,16,18,20H,(H,15,17). The number of carbonyl (C=O) groups is 1. The SMILES string of the molecule is O=C(Nc1ccccc1S)c1cccc([NH+]([O-])O)c1Br. The monoisotopic (exact) mass is 354 g/mol. The lowest BCUT2D eigenvalue weighted by atomic mass is 10.2. The fourth-order valence-electron chi connectivity index (χ4n) is 1.64. The van der Waals surface area contributed by atoms with Crippen LogP contribution >= 0.6 is 28.6 Å². The summed E-state index contributed by atoms with van der Waals surface area (Å²) >= 11 is 7.40. The number of hydrogen-bond donors (Lipinski definition) is 4. The molecule has 0 saturated heterocycles. The molecule has 20 heavy (non-hydrogen) atoms. The van der Waals surface area contributed by atoms with Crippen LogP contribution in [-0.2, 0) is 0 Å². The second kappa shape index (κ2) is 6.38. The molecule has 0 heterocycles. The van der Waals surface area contributed by atoms with Crippen molar-refractivity contribution < 1.29 is 15.2 Å². The number of para-hydroxylation sites is 1. The number of anilines is 1. The zero-order valence-electron chi connectivity index (χ0n) is 10.1. The molecular weight excluding hydrogens is 344 g/mol. The van der Waals surface area contributed by atoms with Crippen LogP contribution < -0.4 is 10.5 Å². The van der Waals surface area contributed by atoms with Crippen LogP contribution in [0.2, 0.25) is 0 Å². The Kier molecular flexibility index (Phi) is 4.79. The van der Waals surface area contributed by atoms with E-state index in [0.717, 1.165) is 0 Å². The van der Waals surface area contributed by atoms with Gasteiger partial charge in [-0.3, -0.25) is 4.79 Å². The second-order valence-electron chi connectivity index (χ2n) is 3.94. The van der Waals surface area contributed by atoms with E-state index in [-0.39, 0.29) is 15.7 Å². The summed E-state index contributed by atoms with van der Waals surface area (Å²) in [6.45, 7) is 0. The number of thiol groups is 1. The highest BCUT2D eigenvalue weighted by Gasteiger charge is 2.17. The second-order valence-corrected chi connectivity index (χ2v) is 5.22. The van der Waals surface area contributed by atoms with Gasteiger partial charge in [-0.2, -0.15) is 5.23 Å². The molecule has 0 aliphatic carbocycles. The molecule has 0 aliphatic heterocycles. The molecule has 0 aliphatic rings. The molecule has 2 rings (SSSR count). The zero-order chi connectivity index (χ0) is 14.7. The Labute approximate surface area is 129 Å². The summed E-state index contributed by atoms with van der Waals surface area (Å²) in [5, 5.41) is 21.7. The molecule has 0 fully saturated rings. The lowest BCUT2D eigenvalue weighted by Gasteiger charge is -2.15. The Hall–Kier alpha value is -1.38. The smallest absolute Gasteiger partial charge is 0.257 e. The Bertz CT molecular complexity index is 649. The van der Waals surface area contributed by atoms with Crippen molar-refractivity contribution in [3.05, 3.63) is 57.7 Å². The summed E-state index contributed by atoms with van der Waals surface area (Å²) in [6.07, 6.45) is 0. The van der Waals surface area contributed by atoms with Crippen LogP contribution in [0.25, 0.3) is 0 Å². The first-order valence-corrected chi connectivity index (χ1v) is 6.86. The first-order valence-electron chi connectivity index (χ1n) is 5.62. The maximum Gasteiger partial charge on any atom is 0.257 e. The van der Waals surface area contributed by atoms with Gasteiger partial charge in [0.05, 0.1) is 15.7 Å². The Balaban J connectivity index is 2.31. The van der Waals surface area contributed by atoms with Gasteiger partial charge in [-0.25, -0.2) is 5.21 Å². The number of nitrogens with one attached hydrogen (secondary N) is 2. The third-order valence-corrected chi connectivity index (χ3v) is 3.87. The summed E-state index contributed by atoms with van der Waals surface area (Å²) in [4.78, 5) is 12.8. The average Bonchev–Trinajstić information content (AvgIpc) is 2.41. The lowest BCUT2D eigenvalue weighted by Crippen LogP contribution is -2.99. The molecule has 5 nitrogen and oxygen atoms in total. The van der Waals surface area contributed by atoms with Crippen molar-refractivity contribution in [1.29, 1.82) is 0 Å². The molecule has 2 aromatic rings. The number of amides is 1. The molecule has 1 amide bonds. The van der Waals surface area contributed by atoms with Crippen molar-refractivity contribution >= 4 is 45.8 Å². The summed E-state index contributed by atoms with van der Waals surface area (Å²) in [5.74, 6) is -0.401. The van der Waals surface area contributed by atoms with Gasteiger partial charge < -0.3 is 10.5 Å². The summed E-state index contributed by atoms with van der Waals surface area (Å²) < 4.78 is 0.252. The summed E-state index contributed by atoms with van der Waals surface area (Å²) in [6, 6.07) is 11.5. The number of benzene rings is 2. The zero-order valence-corrected chi connectivity index (χ0v) is 12.6. The lowest BCUT2D eigenvalue weighted by molar-refractivity contribution is -0.991. The third kappa shape index (κ3) is 3.20. The number of quaternary nitrogens is 1. The number of rotatable bonds is 3. The van der Waals surface area contributed by atoms with Crippen molar-refractivity contribution in [3.8, 4) is 0 Å². The van der Waals surface area contributed by atoms with Crippen molar-refractivity contribution in [2.24, 2.45) is 0 Å². The maximum atomic E-state index is 12.2. The van der Waals surface area contributed by atoms with E-state index in [4.69, 9.17) is 5.21 Å². The van der Waals surface area contributed by atoms with E-state index in [2.05, 4.69) is 33.9 Å². The van der Waals surface area contributed by atoms with Gasteiger partial charge in [-0.05, 0) is 34.1 Å². The first-order chi connectivity index (χ1) is 9.50. The van der Waals surface area contributed by atoms with Gasteiger partial charge in [-0.15, -0.1) is 12.6 Å². The van der Waals surface area contributed by atoms with Gasteiger partial charge >= 0.3 is 0 Å². The van der Waals surface area contributed by atoms with Crippen LogP contribution in [0.15, 0.2) is 51.8 Å². The third-order valence-electron chi connectivity index (χ3n) is 2.63. The minimum atomic E-state index is -1.10. The summed E-state index contributed by atoms with van der Waals surface area (Å²) in [5.41, 5.74) is 0.853. The van der Waals surface area contributed by atoms with Crippen LogP contribution in [0.1, 0.15) is 10.4 Å². The maximum absolute atomic E-state index is 12.2. The molecule has 3 N–H and O–H groups in total. The molecule has 0 aromatic heterocycles. The fourth-order valence-corrected chi connectivity index (χ4v) is 2.47. The molecule has 104 valence electrons. The first kappa shape index (κ1) is 15.0. The van der Waals surface area contributed by atoms with Gasteiger partial charge in [0.2, 0.25) is 0 Å². The highest BCUT2D eigenvalue weighted by molar-refractivity contribution is 9.10. The van der Waals surface area contributed by atoms with E-state index in [9.17, 15) is 10.0 Å². The molecule has 0 spiro atoms. The molecule has 0 saturated carbocycles. The van der Waals surface area contributed by atoms with E-state index in [1.807, 2.05) is 0 Å². The van der Waals surface area contributed by atoms with Crippen molar-refractivity contribution in [1.82, 2.24) is 0 Å². The van der Waals surface area contributed by atoms with Crippen LogP contribution in [0.4, 0.5) is 11.4 Å². The highest BCUT2D eigenvalue weighted by Crippen LogP contribution is 2.25. The Morgan fingerprint density at radius 2 is 1.95 bits per heavy atom. The topological polar surface area (TPSA) is 76.8 Å². The van der Waals surface area contributed by atoms with E-state index < -0.39 is 11.1 Å². The van der Waals surface area contributed by atoms with E-state index >= 15 is 0 Å². The predicted octanol–water partition coefficient (Wildman–Crippen LogP) is 2.39. The van der Waals surface area contributed by atoms with Crippen LogP contribution in [-0.4, -0.2) is 11.1 Å². The van der Waals surface area contributed by atoms with Gasteiger partial charge in [0.25, 0.3) is 5.91 Å². The average molecular weight is 355 g/mol. The van der Waals surface area contributed by atoms with Crippen molar-refractivity contribution in [2.75, 3.05) is 5.32 Å². The Morgan fingerprint density at radius 3 is 2.60 bits per heavy atom. The van der Waals surface area contributed by atoms with Gasteiger partial charge in [0.15, 0.2) is 5.69 Å². The molecule has 0 bridgehead atoms. The summed E-state index contributed by atoms with van der Waals surface area (Å²) in [7, 11) is 0. The van der Waals surface area contributed by atoms with Crippen LogP contribution in [0, 0.1) is 5.21 Å². The van der Waals surface area contributed by atoms with Crippen molar-refractivity contribution in [3.63, 3.8) is 0 Å². The van der Waals surface area contributed by atoms with E-state index in [0.29, 0.717) is 10.6 Å². The minimum absolute atomic E-state index is 0.0387. The highest BCUT2D eigenvalue weighted by atomic mass is 79.9. The molecule has 7 heteroatoms. The minimum Gasteiger partial charge on any atom is -0.595 e. The van der Waals surface area contributed by atoms with E-state index in [1.54, 1.807) is 30.3 Å². The predicted molar refractivity (Wildman–Crippen MR) is 81.6 cm³/mol. The Morgan fingerprint density at radius 1 is 1.25 bits per heavy atom. The number of hydrogen-bond acceptors (Lipinski definition) is 4. The fraction of sp³-hybridized carbons (Fsp3) is 0. The molecule has 1 unspecified atom stereocenters. The van der Waals surface area contributed by atoms with Crippen molar-refractivity contribution in [2.45, 2.75) is 4.90 Å². The van der Waals surface area contributed by atoms with E-state index in [1.165, 1.54) is 12.1 Å². The number of halogens is 1. The van der Waals surface area contributed by atoms with Crippen LogP contribution in [0.5, 0.6) is 0 Å². The molecular formula is C13H11BrN2O3S. The quantitative estimate of drug-likeness (QED) is 0.504. The van der Waals surface area contributed by atoms with Gasteiger partial charge in [0, 0.05) is 11.0 Å². The molecule has 2 aromatic carbocycles.